The number of carbonyl (C=O) groups is 1. The quantitative estimate of drug-likeness (QED) is 0.617. The van der Waals surface area contributed by atoms with Gasteiger partial charge in [-0.05, 0) is 48.6 Å². The van der Waals surface area contributed by atoms with Crippen molar-refractivity contribution in [2.24, 2.45) is 5.92 Å². The lowest BCUT2D eigenvalue weighted by atomic mass is 10.1. The van der Waals surface area contributed by atoms with Gasteiger partial charge in [-0.15, -0.1) is 0 Å². The van der Waals surface area contributed by atoms with E-state index in [1.807, 2.05) is 4.90 Å². The summed E-state index contributed by atoms with van der Waals surface area (Å²) >= 11 is 0. The molecule has 32 heavy (non-hydrogen) atoms. The Morgan fingerprint density at radius 3 is 2.22 bits per heavy atom. The maximum absolute atomic E-state index is 13.1. The molecule has 0 N–H and O–H groups in total. The Morgan fingerprint density at radius 2 is 1.66 bits per heavy atom. The zero-order chi connectivity index (χ0) is 23.3. The molecule has 1 saturated heterocycles. The lowest BCUT2D eigenvalue weighted by molar-refractivity contribution is -0.141. The van der Waals surface area contributed by atoms with Gasteiger partial charge in [-0.25, -0.2) is 0 Å². The van der Waals surface area contributed by atoms with Crippen molar-refractivity contribution < 1.29 is 31.1 Å². The third kappa shape index (κ3) is 4.54. The number of hydrogen-bond acceptors (Lipinski definition) is 3. The average molecular weight is 457 g/mol. The van der Waals surface area contributed by atoms with Crippen LogP contribution in [-0.2, 0) is 17.1 Å². The van der Waals surface area contributed by atoms with Gasteiger partial charge in [0, 0.05) is 44.0 Å². The second-order valence-electron chi connectivity index (χ2n) is 8.23. The van der Waals surface area contributed by atoms with Gasteiger partial charge in [-0.2, -0.15) is 26.3 Å². The number of pyridine rings is 1. The molecular weight excluding hydrogens is 436 g/mol. The fourth-order valence-corrected chi connectivity index (χ4v) is 4.16. The van der Waals surface area contributed by atoms with Gasteiger partial charge in [0.2, 0.25) is 5.91 Å². The summed E-state index contributed by atoms with van der Waals surface area (Å²) in [5.74, 6) is -0.522. The Labute approximate surface area is 180 Å². The molecule has 172 valence electrons. The van der Waals surface area contributed by atoms with Gasteiger partial charge in [0.05, 0.1) is 5.56 Å². The van der Waals surface area contributed by atoms with Crippen molar-refractivity contribution in [1.29, 1.82) is 0 Å². The molecule has 2 aliphatic rings. The maximum atomic E-state index is 13.1. The fraction of sp³-hybridized carbons (Fsp3) is 0.455. The number of piperazine rings is 1. The number of halogens is 6. The SMILES string of the molecule is Cc1ccc(C(F)(F)F)cc1N1CCN(C(=O)C2C[C@H]2c2ccc(C(F)(F)F)nc2)CC1. The van der Waals surface area contributed by atoms with Crippen LogP contribution >= 0.6 is 0 Å². The first kappa shape index (κ1) is 22.4. The van der Waals surface area contributed by atoms with Gasteiger partial charge in [-0.3, -0.25) is 9.78 Å². The summed E-state index contributed by atoms with van der Waals surface area (Å²) in [6.45, 7) is 3.33. The standard InChI is InChI=1S/C22H21F6N3O/c1-13-2-4-15(21(23,24)25)10-18(13)30-6-8-31(9-7-30)20(32)17-11-16(17)14-3-5-19(29-12-14)22(26,27)28/h2-5,10,12,16-17H,6-9,11H2,1H3/t16-,17?/m0/s1. The van der Waals surface area contributed by atoms with Crippen LogP contribution < -0.4 is 4.90 Å². The monoisotopic (exact) mass is 457 g/mol. The van der Waals surface area contributed by atoms with Crippen LogP contribution in [0.2, 0.25) is 0 Å². The van der Waals surface area contributed by atoms with Crippen LogP contribution in [0.15, 0.2) is 36.5 Å². The van der Waals surface area contributed by atoms with Gasteiger partial charge in [0.25, 0.3) is 0 Å². The van der Waals surface area contributed by atoms with E-state index in [9.17, 15) is 31.1 Å². The molecule has 2 aromatic rings. The van der Waals surface area contributed by atoms with Gasteiger partial charge in [-0.1, -0.05) is 12.1 Å². The third-order valence-corrected chi connectivity index (χ3v) is 6.08. The molecule has 0 radical (unpaired) electrons. The second kappa shape index (κ2) is 7.97. The summed E-state index contributed by atoms with van der Waals surface area (Å²) in [7, 11) is 0. The van der Waals surface area contributed by atoms with Crippen molar-refractivity contribution >= 4 is 11.6 Å². The summed E-state index contributed by atoms with van der Waals surface area (Å²) in [6, 6.07) is 5.93. The highest BCUT2D eigenvalue weighted by Crippen LogP contribution is 2.48. The lowest BCUT2D eigenvalue weighted by Gasteiger charge is -2.37. The van der Waals surface area contributed by atoms with E-state index in [0.717, 1.165) is 23.8 Å². The number of anilines is 1. The number of aryl methyl sites for hydroxylation is 1. The zero-order valence-electron chi connectivity index (χ0n) is 17.2. The Kier molecular flexibility index (Phi) is 5.58. The predicted octanol–water partition coefficient (Wildman–Crippen LogP) is 4.88. The van der Waals surface area contributed by atoms with Crippen LogP contribution in [0.1, 0.15) is 34.7 Å². The number of aromatic nitrogens is 1. The number of nitrogens with zero attached hydrogens (tertiary/aromatic N) is 3. The number of hydrogen-bond donors (Lipinski definition) is 0. The van der Waals surface area contributed by atoms with Crippen LogP contribution in [-0.4, -0.2) is 42.0 Å². The summed E-state index contributed by atoms with van der Waals surface area (Å²) < 4.78 is 77.1. The molecule has 0 bridgehead atoms. The number of carbonyl (C=O) groups excluding carboxylic acids is 1. The van der Waals surface area contributed by atoms with Crippen molar-refractivity contribution in [3.63, 3.8) is 0 Å². The molecule has 1 amide bonds. The molecule has 10 heteroatoms. The third-order valence-electron chi connectivity index (χ3n) is 6.08. The van der Waals surface area contributed by atoms with Crippen molar-refractivity contribution in [2.45, 2.75) is 31.6 Å². The molecule has 2 atom stereocenters. The molecular formula is C22H21F6N3O. The topological polar surface area (TPSA) is 36.4 Å². The van der Waals surface area contributed by atoms with E-state index >= 15 is 0 Å². The molecule has 1 saturated carbocycles. The number of benzene rings is 1. The minimum absolute atomic E-state index is 0.0738. The van der Waals surface area contributed by atoms with Crippen molar-refractivity contribution in [3.05, 3.63) is 58.9 Å². The Bertz CT molecular complexity index is 994. The highest BCUT2D eigenvalue weighted by atomic mass is 19.4. The molecule has 4 nitrogen and oxygen atoms in total. The number of amides is 1. The van der Waals surface area contributed by atoms with Crippen molar-refractivity contribution in [2.75, 3.05) is 31.1 Å². The molecule has 1 unspecified atom stereocenters. The highest BCUT2D eigenvalue weighted by Gasteiger charge is 2.46. The number of alkyl halides is 6. The molecule has 2 fully saturated rings. The average Bonchev–Trinajstić information content (AvgIpc) is 3.53. The first-order valence-electron chi connectivity index (χ1n) is 10.2. The Hall–Kier alpha value is -2.78. The maximum Gasteiger partial charge on any atom is 0.433 e. The minimum atomic E-state index is -4.51. The van der Waals surface area contributed by atoms with E-state index in [0.29, 0.717) is 43.9 Å². The zero-order valence-corrected chi connectivity index (χ0v) is 17.2. The molecule has 1 aromatic heterocycles. The van der Waals surface area contributed by atoms with E-state index in [-0.39, 0.29) is 17.7 Å². The molecule has 1 aliphatic heterocycles. The molecule has 1 aliphatic carbocycles. The normalized spacial score (nSPS) is 21.6. The van der Waals surface area contributed by atoms with E-state index < -0.39 is 23.6 Å². The minimum Gasteiger partial charge on any atom is -0.368 e. The van der Waals surface area contributed by atoms with E-state index in [1.165, 1.54) is 18.3 Å². The predicted molar refractivity (Wildman–Crippen MR) is 105 cm³/mol. The van der Waals surface area contributed by atoms with E-state index in [4.69, 9.17) is 0 Å². The van der Waals surface area contributed by atoms with Crippen LogP contribution in [0.25, 0.3) is 0 Å². The second-order valence-corrected chi connectivity index (χ2v) is 8.23. The van der Waals surface area contributed by atoms with Crippen molar-refractivity contribution in [3.8, 4) is 0 Å². The molecule has 2 heterocycles. The summed E-state index contributed by atoms with van der Waals surface area (Å²) in [4.78, 5) is 19.8. The Balaban J connectivity index is 1.36. The molecule has 4 rings (SSSR count). The van der Waals surface area contributed by atoms with Gasteiger partial charge >= 0.3 is 12.4 Å². The fourth-order valence-electron chi connectivity index (χ4n) is 4.16. The van der Waals surface area contributed by atoms with Gasteiger partial charge in [0.1, 0.15) is 5.69 Å². The van der Waals surface area contributed by atoms with Crippen molar-refractivity contribution in [1.82, 2.24) is 9.88 Å². The summed E-state index contributed by atoms with van der Waals surface area (Å²) in [5.41, 5.74) is 0.171. The Morgan fingerprint density at radius 1 is 0.969 bits per heavy atom. The first-order chi connectivity index (χ1) is 14.9. The van der Waals surface area contributed by atoms with Crippen LogP contribution in [0.5, 0.6) is 0 Å². The van der Waals surface area contributed by atoms with E-state index in [2.05, 4.69) is 4.98 Å². The summed E-state index contributed by atoms with van der Waals surface area (Å²) in [6.07, 6.45) is -7.20. The van der Waals surface area contributed by atoms with Gasteiger partial charge < -0.3 is 9.80 Å². The van der Waals surface area contributed by atoms with Gasteiger partial charge in [0.15, 0.2) is 0 Å². The molecule has 1 aromatic carbocycles. The number of rotatable bonds is 3. The summed E-state index contributed by atoms with van der Waals surface area (Å²) in [5, 5.41) is 0. The van der Waals surface area contributed by atoms with Crippen LogP contribution in [0.3, 0.4) is 0 Å². The highest BCUT2D eigenvalue weighted by molar-refractivity contribution is 5.83. The first-order valence-corrected chi connectivity index (χ1v) is 10.2. The smallest absolute Gasteiger partial charge is 0.368 e. The lowest BCUT2D eigenvalue weighted by Crippen LogP contribution is -2.49. The largest absolute Gasteiger partial charge is 0.433 e. The van der Waals surface area contributed by atoms with Crippen LogP contribution in [0.4, 0.5) is 32.0 Å². The van der Waals surface area contributed by atoms with E-state index in [1.54, 1.807) is 11.8 Å². The van der Waals surface area contributed by atoms with Crippen LogP contribution in [0, 0.1) is 12.8 Å². The molecule has 0 spiro atoms.